The van der Waals surface area contributed by atoms with Crippen LogP contribution in [-0.2, 0) is 10.2 Å². The van der Waals surface area contributed by atoms with Crippen molar-refractivity contribution in [3.05, 3.63) is 95.1 Å². The molecule has 0 radical (unpaired) electrons. The smallest absolute Gasteiger partial charge is 0.271 e. The van der Waals surface area contributed by atoms with Gasteiger partial charge in [-0.3, -0.25) is 9.59 Å². The number of nitrogens with one attached hydrogen (secondary N) is 2. The molecule has 3 aromatic carbocycles. The first kappa shape index (κ1) is 23.7. The minimum atomic E-state index is -0.272. The molecule has 0 unspecified atom stereocenters. The van der Waals surface area contributed by atoms with E-state index in [-0.39, 0.29) is 23.8 Å². The van der Waals surface area contributed by atoms with Crippen molar-refractivity contribution >= 4 is 23.7 Å². The fourth-order valence-electron chi connectivity index (χ4n) is 2.98. The zero-order chi connectivity index (χ0) is 23.8. The van der Waals surface area contributed by atoms with E-state index in [9.17, 15) is 9.59 Å². The molecule has 0 aliphatic heterocycles. The predicted molar refractivity (Wildman–Crippen MR) is 132 cm³/mol. The predicted octanol–water partition coefficient (Wildman–Crippen LogP) is 5.07. The second-order valence-corrected chi connectivity index (χ2v) is 8.80. The first-order valence-corrected chi connectivity index (χ1v) is 10.7. The molecule has 0 heterocycles. The Balaban J connectivity index is 1.46. The Labute approximate surface area is 194 Å². The lowest BCUT2D eigenvalue weighted by Crippen LogP contribution is -2.20. The van der Waals surface area contributed by atoms with Gasteiger partial charge in [0.15, 0.2) is 6.61 Å². The van der Waals surface area contributed by atoms with Crippen molar-refractivity contribution in [2.24, 2.45) is 5.10 Å². The van der Waals surface area contributed by atoms with E-state index in [2.05, 4.69) is 36.6 Å². The number of hydrogen-bond acceptors (Lipinski definition) is 4. The molecule has 0 saturated carbocycles. The monoisotopic (exact) mass is 443 g/mol. The zero-order valence-corrected chi connectivity index (χ0v) is 19.4. The van der Waals surface area contributed by atoms with Crippen LogP contribution in [0.4, 0.5) is 5.69 Å². The summed E-state index contributed by atoms with van der Waals surface area (Å²) in [5.41, 5.74) is 6.93. The number of nitrogens with zero attached hydrogens (tertiary/aromatic N) is 1. The van der Waals surface area contributed by atoms with Crippen molar-refractivity contribution in [3.63, 3.8) is 0 Å². The number of hydrogen-bond donors (Lipinski definition) is 2. The van der Waals surface area contributed by atoms with E-state index in [0.29, 0.717) is 11.3 Å². The lowest BCUT2D eigenvalue weighted by Gasteiger charge is -2.18. The van der Waals surface area contributed by atoms with Gasteiger partial charge >= 0.3 is 0 Å². The summed E-state index contributed by atoms with van der Waals surface area (Å²) in [5, 5.41) is 6.80. The first-order chi connectivity index (χ1) is 15.7. The van der Waals surface area contributed by atoms with E-state index in [4.69, 9.17) is 4.74 Å². The maximum Gasteiger partial charge on any atom is 0.271 e. The van der Waals surface area contributed by atoms with Gasteiger partial charge in [0.05, 0.1) is 6.21 Å². The summed E-state index contributed by atoms with van der Waals surface area (Å²) in [5.74, 6) is 0.0585. The summed E-state index contributed by atoms with van der Waals surface area (Å²) >= 11 is 0. The molecule has 2 amide bonds. The maximum absolute atomic E-state index is 12.3. The molecule has 3 rings (SSSR count). The van der Waals surface area contributed by atoms with Crippen molar-refractivity contribution in [1.29, 1.82) is 0 Å². The van der Waals surface area contributed by atoms with Gasteiger partial charge in [-0.1, -0.05) is 50.6 Å². The summed E-state index contributed by atoms with van der Waals surface area (Å²) in [4.78, 5) is 24.3. The van der Waals surface area contributed by atoms with Crippen LogP contribution >= 0.6 is 0 Å². The second kappa shape index (κ2) is 10.6. The largest absolute Gasteiger partial charge is 0.484 e. The molecule has 0 fully saturated rings. The number of ether oxygens (including phenoxy) is 1. The van der Waals surface area contributed by atoms with Gasteiger partial charge in [0, 0.05) is 11.3 Å². The van der Waals surface area contributed by atoms with Gasteiger partial charge in [-0.15, -0.1) is 0 Å². The van der Waals surface area contributed by atoms with E-state index < -0.39 is 0 Å². The second-order valence-electron chi connectivity index (χ2n) is 8.80. The van der Waals surface area contributed by atoms with Crippen LogP contribution in [0.2, 0.25) is 0 Å². The normalized spacial score (nSPS) is 11.3. The van der Waals surface area contributed by atoms with Crippen LogP contribution in [0, 0.1) is 6.92 Å². The Morgan fingerprint density at radius 2 is 1.55 bits per heavy atom. The summed E-state index contributed by atoms with van der Waals surface area (Å²) < 4.78 is 5.53. The topological polar surface area (TPSA) is 79.8 Å². The highest BCUT2D eigenvalue weighted by Crippen LogP contribution is 2.22. The third kappa shape index (κ3) is 7.31. The fourth-order valence-corrected chi connectivity index (χ4v) is 2.98. The van der Waals surface area contributed by atoms with Gasteiger partial charge in [0.2, 0.25) is 0 Å². The Kier molecular flexibility index (Phi) is 7.61. The molecule has 3 aromatic rings. The SMILES string of the molecule is Cc1ccc(NC(=O)COc2ccc(/C=N/NC(=O)c3ccc(C(C)(C)C)cc3)cc2)cc1. The fraction of sp³-hybridized carbons (Fsp3) is 0.222. The van der Waals surface area contributed by atoms with Crippen LogP contribution < -0.4 is 15.5 Å². The van der Waals surface area contributed by atoms with Gasteiger partial charge in [0.1, 0.15) is 5.75 Å². The molecule has 0 atom stereocenters. The zero-order valence-electron chi connectivity index (χ0n) is 19.4. The van der Waals surface area contributed by atoms with Crippen LogP contribution in [0.15, 0.2) is 77.9 Å². The Morgan fingerprint density at radius 3 is 2.15 bits per heavy atom. The molecule has 0 bridgehead atoms. The van der Waals surface area contributed by atoms with E-state index in [1.165, 1.54) is 0 Å². The summed E-state index contributed by atoms with van der Waals surface area (Å²) in [6.07, 6.45) is 1.55. The average Bonchev–Trinajstić information content (AvgIpc) is 2.79. The molecular formula is C27H29N3O3. The van der Waals surface area contributed by atoms with Crippen molar-refractivity contribution in [2.45, 2.75) is 33.1 Å². The van der Waals surface area contributed by atoms with E-state index >= 15 is 0 Å². The number of rotatable bonds is 7. The third-order valence-electron chi connectivity index (χ3n) is 4.98. The number of aryl methyl sites for hydroxylation is 1. The first-order valence-electron chi connectivity index (χ1n) is 10.7. The quantitative estimate of drug-likeness (QED) is 0.395. The van der Waals surface area contributed by atoms with E-state index in [1.807, 2.05) is 43.3 Å². The molecule has 6 heteroatoms. The van der Waals surface area contributed by atoms with Crippen LogP contribution in [-0.4, -0.2) is 24.6 Å². The van der Waals surface area contributed by atoms with Crippen molar-refractivity contribution in [1.82, 2.24) is 5.43 Å². The highest BCUT2D eigenvalue weighted by Gasteiger charge is 2.14. The van der Waals surface area contributed by atoms with Gasteiger partial charge in [0.25, 0.3) is 11.8 Å². The molecule has 0 aliphatic rings. The number of carbonyl (C=O) groups excluding carboxylic acids is 2. The van der Waals surface area contributed by atoms with Crippen LogP contribution in [0.25, 0.3) is 0 Å². The number of hydrazone groups is 1. The van der Waals surface area contributed by atoms with Gasteiger partial charge in [-0.25, -0.2) is 5.43 Å². The molecule has 2 N–H and O–H groups in total. The van der Waals surface area contributed by atoms with E-state index in [0.717, 1.165) is 22.4 Å². The summed E-state index contributed by atoms with van der Waals surface area (Å²) in [6, 6.07) is 22.1. The average molecular weight is 444 g/mol. The van der Waals surface area contributed by atoms with Crippen molar-refractivity contribution < 1.29 is 14.3 Å². The molecular weight excluding hydrogens is 414 g/mol. The standard InChI is InChI=1S/C27H29N3O3/c1-19-5-13-23(14-6-19)29-25(31)18-33-24-15-7-20(8-16-24)17-28-30-26(32)21-9-11-22(12-10-21)27(2,3)4/h5-17H,18H2,1-4H3,(H,29,31)(H,30,32)/b28-17+. The van der Waals surface area contributed by atoms with Crippen molar-refractivity contribution in [3.8, 4) is 5.75 Å². The highest BCUT2D eigenvalue weighted by molar-refractivity contribution is 5.95. The Hall–Kier alpha value is -3.93. The molecule has 0 aliphatic carbocycles. The Bertz CT molecular complexity index is 1110. The number of carbonyl (C=O) groups is 2. The van der Waals surface area contributed by atoms with Gasteiger partial charge in [-0.2, -0.15) is 5.10 Å². The highest BCUT2D eigenvalue weighted by atomic mass is 16.5. The molecule has 6 nitrogen and oxygen atoms in total. The number of anilines is 1. The summed E-state index contributed by atoms with van der Waals surface area (Å²) in [7, 11) is 0. The number of amides is 2. The molecule has 0 saturated heterocycles. The molecule has 0 aromatic heterocycles. The molecule has 33 heavy (non-hydrogen) atoms. The third-order valence-corrected chi connectivity index (χ3v) is 4.98. The Morgan fingerprint density at radius 1 is 0.909 bits per heavy atom. The van der Waals surface area contributed by atoms with Gasteiger partial charge < -0.3 is 10.1 Å². The summed E-state index contributed by atoms with van der Waals surface area (Å²) in [6.45, 7) is 8.28. The van der Waals surface area contributed by atoms with Crippen LogP contribution in [0.3, 0.4) is 0 Å². The van der Waals surface area contributed by atoms with Gasteiger partial charge in [-0.05, 0) is 72.0 Å². The lowest BCUT2D eigenvalue weighted by atomic mass is 9.87. The number of benzene rings is 3. The van der Waals surface area contributed by atoms with E-state index in [1.54, 1.807) is 42.6 Å². The van der Waals surface area contributed by atoms with Crippen LogP contribution in [0.5, 0.6) is 5.75 Å². The minimum Gasteiger partial charge on any atom is -0.484 e. The lowest BCUT2D eigenvalue weighted by molar-refractivity contribution is -0.118. The van der Waals surface area contributed by atoms with Crippen molar-refractivity contribution in [2.75, 3.05) is 11.9 Å². The maximum atomic E-state index is 12.3. The minimum absolute atomic E-state index is 0.0356. The molecule has 0 spiro atoms. The van der Waals surface area contributed by atoms with Crippen LogP contribution in [0.1, 0.15) is 47.8 Å². The molecule has 170 valence electrons.